The summed E-state index contributed by atoms with van der Waals surface area (Å²) < 4.78 is 7.12. The summed E-state index contributed by atoms with van der Waals surface area (Å²) in [4.78, 5) is 21.7. The number of hydrogen-bond donors (Lipinski definition) is 1. The molecule has 7 nitrogen and oxygen atoms in total. The summed E-state index contributed by atoms with van der Waals surface area (Å²) in [6, 6.07) is 1.15. The first-order valence-electron chi connectivity index (χ1n) is 6.01. The van der Waals surface area contributed by atoms with Crippen molar-refractivity contribution in [2.24, 2.45) is 7.05 Å². The van der Waals surface area contributed by atoms with E-state index in [2.05, 4.69) is 9.97 Å². The average Bonchev–Trinajstić information content (AvgIpc) is 2.81. The van der Waals surface area contributed by atoms with Crippen molar-refractivity contribution < 1.29 is 14.6 Å². The molecule has 1 saturated heterocycles. The smallest absolute Gasteiger partial charge is 0.328 e. The van der Waals surface area contributed by atoms with Crippen molar-refractivity contribution >= 4 is 22.8 Å². The second-order valence-corrected chi connectivity index (χ2v) is 4.48. The number of carboxylic acids is 1. The molecule has 100 valence electrons. The third-order valence-corrected chi connectivity index (χ3v) is 3.31. The molecule has 0 bridgehead atoms. The van der Waals surface area contributed by atoms with E-state index in [0.29, 0.717) is 19.0 Å². The summed E-state index contributed by atoms with van der Waals surface area (Å²) in [7, 11) is 1.90. The number of carboxylic acid groups (broad SMARTS) is 1. The third kappa shape index (κ3) is 1.91. The Hall–Kier alpha value is -2.15. The number of pyridine rings is 1. The van der Waals surface area contributed by atoms with E-state index >= 15 is 0 Å². The topological polar surface area (TPSA) is 80.5 Å². The number of aryl methyl sites for hydroxylation is 1. The normalized spacial score (nSPS) is 19.8. The molecular weight excluding hydrogens is 248 g/mol. The average molecular weight is 262 g/mol. The maximum absolute atomic E-state index is 11.3. The van der Waals surface area contributed by atoms with Crippen molar-refractivity contribution in [1.29, 1.82) is 0 Å². The fourth-order valence-corrected chi connectivity index (χ4v) is 2.32. The van der Waals surface area contributed by atoms with Gasteiger partial charge < -0.3 is 19.3 Å². The monoisotopic (exact) mass is 262 g/mol. The molecule has 2 aromatic rings. The molecule has 2 aromatic heterocycles. The van der Waals surface area contributed by atoms with E-state index in [1.165, 1.54) is 0 Å². The van der Waals surface area contributed by atoms with E-state index in [1.807, 2.05) is 17.7 Å². The van der Waals surface area contributed by atoms with E-state index < -0.39 is 12.0 Å². The first kappa shape index (κ1) is 11.9. The van der Waals surface area contributed by atoms with Crippen LogP contribution in [0.4, 0.5) is 5.82 Å². The van der Waals surface area contributed by atoms with E-state index in [0.717, 1.165) is 11.0 Å². The Balaban J connectivity index is 2.09. The zero-order valence-electron chi connectivity index (χ0n) is 10.5. The van der Waals surface area contributed by atoms with Crippen LogP contribution >= 0.6 is 0 Å². The molecule has 3 rings (SSSR count). The largest absolute Gasteiger partial charge is 0.480 e. The lowest BCUT2D eigenvalue weighted by Crippen LogP contribution is -2.50. The number of anilines is 1. The quantitative estimate of drug-likeness (QED) is 0.836. The number of aromatic nitrogens is 3. The zero-order chi connectivity index (χ0) is 13.4. The highest BCUT2D eigenvalue weighted by molar-refractivity contribution is 5.89. The van der Waals surface area contributed by atoms with Crippen LogP contribution in [0.15, 0.2) is 18.6 Å². The first-order valence-corrected chi connectivity index (χ1v) is 6.01. The van der Waals surface area contributed by atoms with Gasteiger partial charge in [0.05, 0.1) is 25.1 Å². The Morgan fingerprint density at radius 3 is 3.16 bits per heavy atom. The van der Waals surface area contributed by atoms with Crippen molar-refractivity contribution in [3.63, 3.8) is 0 Å². The second-order valence-electron chi connectivity index (χ2n) is 4.48. The molecule has 7 heteroatoms. The van der Waals surface area contributed by atoms with E-state index in [1.54, 1.807) is 17.4 Å². The molecule has 0 saturated carbocycles. The van der Waals surface area contributed by atoms with Crippen LogP contribution in [0.2, 0.25) is 0 Å². The van der Waals surface area contributed by atoms with Gasteiger partial charge in [-0.25, -0.2) is 14.8 Å². The maximum Gasteiger partial charge on any atom is 0.328 e. The van der Waals surface area contributed by atoms with E-state index in [4.69, 9.17) is 4.74 Å². The predicted molar refractivity (Wildman–Crippen MR) is 68.1 cm³/mol. The van der Waals surface area contributed by atoms with Crippen molar-refractivity contribution in [1.82, 2.24) is 14.5 Å². The van der Waals surface area contributed by atoms with Crippen molar-refractivity contribution in [2.45, 2.75) is 6.04 Å². The molecule has 1 aliphatic heterocycles. The lowest BCUT2D eigenvalue weighted by Gasteiger charge is -2.33. The minimum Gasteiger partial charge on any atom is -0.480 e. The molecular formula is C12H14N4O3. The number of ether oxygens (including phenoxy) is 1. The minimum atomic E-state index is -0.908. The van der Waals surface area contributed by atoms with Crippen molar-refractivity contribution in [2.75, 3.05) is 24.7 Å². The summed E-state index contributed by atoms with van der Waals surface area (Å²) in [5, 5.41) is 9.27. The Morgan fingerprint density at radius 1 is 1.53 bits per heavy atom. The second kappa shape index (κ2) is 4.51. The number of imidazole rings is 1. The molecule has 0 aliphatic carbocycles. The van der Waals surface area contributed by atoms with Gasteiger partial charge >= 0.3 is 5.97 Å². The Labute approximate surface area is 109 Å². The number of morpholine rings is 1. The molecule has 0 aromatic carbocycles. The standard InChI is InChI=1S/C12H14N4O3/c1-15-7-14-10-8(15)2-3-13-11(10)16-4-5-19-6-9(16)12(17)18/h2-3,7,9H,4-6H2,1H3,(H,17,18). The van der Waals surface area contributed by atoms with Gasteiger partial charge in [-0.2, -0.15) is 0 Å². The van der Waals surface area contributed by atoms with Gasteiger partial charge in [0.1, 0.15) is 5.52 Å². The molecule has 1 unspecified atom stereocenters. The van der Waals surface area contributed by atoms with Crippen LogP contribution in [-0.4, -0.2) is 51.4 Å². The number of carbonyl (C=O) groups is 1. The third-order valence-electron chi connectivity index (χ3n) is 3.31. The SMILES string of the molecule is Cn1cnc2c(N3CCOCC3C(=O)O)nccc21. The molecule has 3 heterocycles. The molecule has 0 radical (unpaired) electrons. The summed E-state index contributed by atoms with van der Waals surface area (Å²) >= 11 is 0. The van der Waals surface area contributed by atoms with Gasteiger partial charge in [0.15, 0.2) is 11.9 Å². The maximum atomic E-state index is 11.3. The lowest BCUT2D eigenvalue weighted by atomic mass is 10.2. The van der Waals surface area contributed by atoms with Crippen LogP contribution in [0.5, 0.6) is 0 Å². The Morgan fingerprint density at radius 2 is 2.37 bits per heavy atom. The predicted octanol–water partition coefficient (Wildman–Crippen LogP) is 0.258. The van der Waals surface area contributed by atoms with E-state index in [9.17, 15) is 9.90 Å². The summed E-state index contributed by atoms with van der Waals surface area (Å²) in [5.74, 6) is -0.303. The van der Waals surface area contributed by atoms with Gasteiger partial charge in [-0.3, -0.25) is 0 Å². The summed E-state index contributed by atoms with van der Waals surface area (Å²) in [6.45, 7) is 1.16. The van der Waals surface area contributed by atoms with Gasteiger partial charge in [-0.05, 0) is 6.07 Å². The minimum absolute atomic E-state index is 0.167. The van der Waals surface area contributed by atoms with Crippen molar-refractivity contribution in [3.8, 4) is 0 Å². The summed E-state index contributed by atoms with van der Waals surface area (Å²) in [5.41, 5.74) is 1.65. The number of fused-ring (bicyclic) bond motifs is 1. The molecule has 1 atom stereocenters. The van der Waals surface area contributed by atoms with Gasteiger partial charge in [0.25, 0.3) is 0 Å². The van der Waals surface area contributed by atoms with Gasteiger partial charge in [-0.15, -0.1) is 0 Å². The molecule has 0 spiro atoms. The molecule has 1 aliphatic rings. The van der Waals surface area contributed by atoms with Crippen LogP contribution in [0.3, 0.4) is 0 Å². The number of hydrogen-bond acceptors (Lipinski definition) is 5. The van der Waals surface area contributed by atoms with Crippen LogP contribution in [0.1, 0.15) is 0 Å². The van der Waals surface area contributed by atoms with Gasteiger partial charge in [0.2, 0.25) is 0 Å². The number of nitrogens with zero attached hydrogens (tertiary/aromatic N) is 4. The number of aliphatic carboxylic acids is 1. The molecule has 1 fully saturated rings. The molecule has 0 amide bonds. The highest BCUT2D eigenvalue weighted by atomic mass is 16.5. The van der Waals surface area contributed by atoms with Crippen LogP contribution in [0.25, 0.3) is 11.0 Å². The fraction of sp³-hybridized carbons (Fsp3) is 0.417. The molecule has 19 heavy (non-hydrogen) atoms. The summed E-state index contributed by atoms with van der Waals surface area (Å²) in [6.07, 6.45) is 3.37. The highest BCUT2D eigenvalue weighted by Gasteiger charge is 2.31. The number of rotatable bonds is 2. The first-order chi connectivity index (χ1) is 9.18. The van der Waals surface area contributed by atoms with Crippen LogP contribution in [0, 0.1) is 0 Å². The van der Waals surface area contributed by atoms with Gasteiger partial charge in [0, 0.05) is 19.8 Å². The highest BCUT2D eigenvalue weighted by Crippen LogP contribution is 2.25. The zero-order valence-corrected chi connectivity index (χ0v) is 10.5. The lowest BCUT2D eigenvalue weighted by molar-refractivity contribution is -0.141. The van der Waals surface area contributed by atoms with Crippen molar-refractivity contribution in [3.05, 3.63) is 18.6 Å². The van der Waals surface area contributed by atoms with Crippen LogP contribution < -0.4 is 4.90 Å². The Kier molecular flexibility index (Phi) is 2.83. The molecule has 1 N–H and O–H groups in total. The fourth-order valence-electron chi connectivity index (χ4n) is 2.32. The van der Waals surface area contributed by atoms with Gasteiger partial charge in [-0.1, -0.05) is 0 Å². The Bertz CT molecular complexity index is 624. The van der Waals surface area contributed by atoms with E-state index in [-0.39, 0.29) is 6.61 Å². The van der Waals surface area contributed by atoms with Crippen LogP contribution in [-0.2, 0) is 16.6 Å².